The van der Waals surface area contributed by atoms with E-state index in [0.29, 0.717) is 0 Å². The van der Waals surface area contributed by atoms with Crippen LogP contribution in [0.2, 0.25) is 0 Å². The standard InChI is InChI=1S/C24H21N5S.ClH/c1-2-29-21-14-19-18(13-20(21)27-24(29)30)23(26-15-25-19)28-22(16-9-5-3-6-10-16)17-11-7-4-8-12-17;/h3-15,22H,2H2,1H3,(H,27,30)(H,25,26,28);1H. The molecule has 0 amide bonds. The lowest BCUT2D eigenvalue weighted by molar-refractivity contribution is 0.774. The number of hydrogen-bond donors (Lipinski definition) is 2. The predicted octanol–water partition coefficient (Wildman–Crippen LogP) is 6.29. The number of aryl methyl sites for hydroxylation is 1. The maximum Gasteiger partial charge on any atom is 0.178 e. The zero-order valence-corrected chi connectivity index (χ0v) is 18.6. The van der Waals surface area contributed by atoms with Gasteiger partial charge in [-0.1, -0.05) is 60.7 Å². The second-order valence-corrected chi connectivity index (χ2v) is 7.57. The van der Waals surface area contributed by atoms with E-state index in [4.69, 9.17) is 12.2 Å². The molecular weight excluding hydrogens is 426 g/mol. The quantitative estimate of drug-likeness (QED) is 0.311. The Labute approximate surface area is 191 Å². The first-order valence-corrected chi connectivity index (χ1v) is 10.4. The smallest absolute Gasteiger partial charge is 0.178 e. The molecule has 0 radical (unpaired) electrons. The summed E-state index contributed by atoms with van der Waals surface area (Å²) in [7, 11) is 0. The summed E-state index contributed by atoms with van der Waals surface area (Å²) in [6.07, 6.45) is 1.61. The maximum absolute atomic E-state index is 5.48. The minimum Gasteiger partial charge on any atom is -0.359 e. The first-order chi connectivity index (χ1) is 14.7. The molecule has 0 aliphatic carbocycles. The highest BCUT2D eigenvalue weighted by Crippen LogP contribution is 2.31. The normalized spacial score (nSPS) is 11.0. The van der Waals surface area contributed by atoms with Gasteiger partial charge in [-0.05, 0) is 42.4 Å². The van der Waals surface area contributed by atoms with Crippen LogP contribution in [-0.4, -0.2) is 19.5 Å². The minimum absolute atomic E-state index is 0. The van der Waals surface area contributed by atoms with Crippen molar-refractivity contribution in [2.45, 2.75) is 19.5 Å². The molecule has 31 heavy (non-hydrogen) atoms. The van der Waals surface area contributed by atoms with Gasteiger partial charge in [0.1, 0.15) is 12.1 Å². The molecule has 0 saturated heterocycles. The Morgan fingerprint density at radius 2 is 1.61 bits per heavy atom. The molecule has 0 saturated carbocycles. The average molecular weight is 448 g/mol. The number of fused-ring (bicyclic) bond motifs is 2. The van der Waals surface area contributed by atoms with Crippen molar-refractivity contribution in [3.05, 3.63) is 95.0 Å². The third-order valence-electron chi connectivity index (χ3n) is 5.39. The molecule has 5 nitrogen and oxygen atoms in total. The lowest BCUT2D eigenvalue weighted by atomic mass is 9.98. The molecule has 2 N–H and O–H groups in total. The SMILES string of the molecule is CCn1c(=S)[nH]c2cc3c(NC(c4ccccc4)c4ccccc4)ncnc3cc21.Cl. The van der Waals surface area contributed by atoms with Gasteiger partial charge in [0, 0.05) is 11.9 Å². The van der Waals surface area contributed by atoms with E-state index in [-0.39, 0.29) is 18.4 Å². The molecule has 3 aromatic carbocycles. The summed E-state index contributed by atoms with van der Waals surface area (Å²) >= 11 is 5.48. The van der Waals surface area contributed by atoms with Crippen molar-refractivity contribution in [1.29, 1.82) is 0 Å². The molecule has 5 rings (SSSR count). The Morgan fingerprint density at radius 1 is 0.968 bits per heavy atom. The monoisotopic (exact) mass is 447 g/mol. The Hall–Kier alpha value is -3.22. The summed E-state index contributed by atoms with van der Waals surface area (Å²) in [6, 6.07) is 24.9. The number of aromatic nitrogens is 4. The van der Waals surface area contributed by atoms with Gasteiger partial charge in [0.2, 0.25) is 0 Å². The highest BCUT2D eigenvalue weighted by Gasteiger charge is 2.17. The van der Waals surface area contributed by atoms with Crippen LogP contribution in [0.15, 0.2) is 79.1 Å². The van der Waals surface area contributed by atoms with Crippen molar-refractivity contribution in [2.24, 2.45) is 0 Å². The van der Waals surface area contributed by atoms with E-state index in [0.717, 1.165) is 39.1 Å². The number of aromatic amines is 1. The van der Waals surface area contributed by atoms with E-state index >= 15 is 0 Å². The topological polar surface area (TPSA) is 58.5 Å². The molecule has 0 spiro atoms. The van der Waals surface area contributed by atoms with E-state index in [1.807, 2.05) is 12.1 Å². The van der Waals surface area contributed by atoms with Gasteiger partial charge in [-0.2, -0.15) is 0 Å². The van der Waals surface area contributed by atoms with Crippen LogP contribution in [0.25, 0.3) is 21.9 Å². The molecule has 2 heterocycles. The van der Waals surface area contributed by atoms with Crippen LogP contribution in [0.5, 0.6) is 0 Å². The summed E-state index contributed by atoms with van der Waals surface area (Å²) in [5.41, 5.74) is 5.28. The highest BCUT2D eigenvalue weighted by atomic mass is 35.5. The molecule has 0 unspecified atom stereocenters. The van der Waals surface area contributed by atoms with Crippen molar-refractivity contribution in [3.63, 3.8) is 0 Å². The van der Waals surface area contributed by atoms with Crippen molar-refractivity contribution < 1.29 is 0 Å². The van der Waals surface area contributed by atoms with Crippen LogP contribution in [-0.2, 0) is 6.54 Å². The Morgan fingerprint density at radius 3 is 2.23 bits per heavy atom. The maximum atomic E-state index is 5.48. The van der Waals surface area contributed by atoms with Crippen molar-refractivity contribution in [2.75, 3.05) is 5.32 Å². The molecule has 156 valence electrons. The number of nitrogens with one attached hydrogen (secondary N) is 2. The number of benzene rings is 3. The third kappa shape index (κ3) is 3.92. The summed E-state index contributed by atoms with van der Waals surface area (Å²) < 4.78 is 2.80. The number of nitrogens with zero attached hydrogens (tertiary/aromatic N) is 3. The summed E-state index contributed by atoms with van der Waals surface area (Å²) in [6.45, 7) is 2.90. The van der Waals surface area contributed by atoms with Gasteiger partial charge in [0.15, 0.2) is 4.77 Å². The first-order valence-electron chi connectivity index (χ1n) is 9.98. The fourth-order valence-corrected chi connectivity index (χ4v) is 4.26. The van der Waals surface area contributed by atoms with Crippen LogP contribution < -0.4 is 5.32 Å². The third-order valence-corrected chi connectivity index (χ3v) is 5.72. The zero-order chi connectivity index (χ0) is 20.5. The molecule has 0 aliphatic heterocycles. The first kappa shape index (κ1) is 21.0. The number of halogens is 1. The van der Waals surface area contributed by atoms with Crippen LogP contribution >= 0.6 is 24.6 Å². The second kappa shape index (κ2) is 8.88. The summed E-state index contributed by atoms with van der Waals surface area (Å²) in [4.78, 5) is 12.4. The number of imidazole rings is 1. The fraction of sp³-hybridized carbons (Fsp3) is 0.125. The van der Waals surface area contributed by atoms with E-state index in [1.54, 1.807) is 6.33 Å². The van der Waals surface area contributed by atoms with Crippen LogP contribution in [0.1, 0.15) is 24.1 Å². The van der Waals surface area contributed by atoms with E-state index in [9.17, 15) is 0 Å². The Bertz CT molecular complexity index is 1340. The average Bonchev–Trinajstić information content (AvgIpc) is 3.11. The van der Waals surface area contributed by atoms with Gasteiger partial charge in [-0.25, -0.2) is 9.97 Å². The van der Waals surface area contributed by atoms with Gasteiger partial charge in [-0.3, -0.25) is 0 Å². The van der Waals surface area contributed by atoms with E-state index < -0.39 is 0 Å². The Balaban J connectivity index is 0.00000231. The minimum atomic E-state index is -0.0278. The predicted molar refractivity (Wildman–Crippen MR) is 131 cm³/mol. The lowest BCUT2D eigenvalue weighted by Crippen LogP contribution is -2.13. The molecule has 0 aliphatic rings. The van der Waals surface area contributed by atoms with Crippen LogP contribution in [0.3, 0.4) is 0 Å². The van der Waals surface area contributed by atoms with E-state index in [1.165, 1.54) is 11.1 Å². The van der Waals surface area contributed by atoms with E-state index in [2.05, 4.69) is 92.4 Å². The second-order valence-electron chi connectivity index (χ2n) is 7.18. The lowest BCUT2D eigenvalue weighted by Gasteiger charge is -2.21. The molecule has 0 atom stereocenters. The van der Waals surface area contributed by atoms with Gasteiger partial charge in [0.25, 0.3) is 0 Å². The summed E-state index contributed by atoms with van der Waals surface area (Å²) in [5.74, 6) is 0.795. The molecule has 5 aromatic rings. The van der Waals surface area contributed by atoms with Gasteiger partial charge < -0.3 is 14.9 Å². The highest BCUT2D eigenvalue weighted by molar-refractivity contribution is 7.71. The van der Waals surface area contributed by atoms with Crippen molar-refractivity contribution >= 4 is 52.4 Å². The number of H-pyrrole nitrogens is 1. The zero-order valence-electron chi connectivity index (χ0n) is 16.9. The number of anilines is 1. The molecular formula is C24H22ClN5S. The number of hydrogen-bond acceptors (Lipinski definition) is 4. The van der Waals surface area contributed by atoms with Crippen LogP contribution in [0.4, 0.5) is 5.82 Å². The van der Waals surface area contributed by atoms with Gasteiger partial charge in [-0.15, -0.1) is 12.4 Å². The molecule has 7 heteroatoms. The fourth-order valence-electron chi connectivity index (χ4n) is 3.92. The van der Waals surface area contributed by atoms with Gasteiger partial charge in [0.05, 0.1) is 22.6 Å². The van der Waals surface area contributed by atoms with Gasteiger partial charge >= 0.3 is 0 Å². The molecule has 2 aromatic heterocycles. The van der Waals surface area contributed by atoms with Crippen molar-refractivity contribution in [3.8, 4) is 0 Å². The van der Waals surface area contributed by atoms with Crippen molar-refractivity contribution in [1.82, 2.24) is 19.5 Å². The Kier molecular flexibility index (Phi) is 6.02. The summed E-state index contributed by atoms with van der Waals surface area (Å²) in [5, 5.41) is 4.62. The van der Waals surface area contributed by atoms with Crippen LogP contribution in [0, 0.1) is 4.77 Å². The number of rotatable bonds is 5. The molecule has 0 bridgehead atoms. The largest absolute Gasteiger partial charge is 0.359 e. The molecule has 0 fully saturated rings.